The molecule has 0 spiro atoms. The maximum Gasteiger partial charge on any atom is 0.193 e. The van der Waals surface area contributed by atoms with E-state index in [4.69, 9.17) is 25.8 Å². The van der Waals surface area contributed by atoms with Gasteiger partial charge >= 0.3 is 0 Å². The maximum absolute atomic E-state index is 5.91. The highest BCUT2D eigenvalue weighted by molar-refractivity contribution is 6.30. The Morgan fingerprint density at radius 2 is 1.92 bits per heavy atom. The van der Waals surface area contributed by atoms with Crippen molar-refractivity contribution >= 4 is 17.6 Å². The molecule has 0 bridgehead atoms. The summed E-state index contributed by atoms with van der Waals surface area (Å²) in [5.41, 5.74) is 0. The minimum Gasteiger partial charge on any atom is -0.492 e. The van der Waals surface area contributed by atoms with Gasteiger partial charge in [-0.2, -0.15) is 0 Å². The van der Waals surface area contributed by atoms with Crippen LogP contribution < -0.4 is 10.1 Å². The lowest BCUT2D eigenvalue weighted by Gasteiger charge is -2.34. The molecule has 7 heteroatoms. The maximum atomic E-state index is 5.91. The number of hydrogen-bond acceptors (Lipinski definition) is 4. The van der Waals surface area contributed by atoms with E-state index in [0.717, 1.165) is 57.3 Å². The van der Waals surface area contributed by atoms with E-state index < -0.39 is 0 Å². The van der Waals surface area contributed by atoms with Crippen LogP contribution >= 0.6 is 11.6 Å². The van der Waals surface area contributed by atoms with E-state index in [1.165, 1.54) is 0 Å². The fraction of sp³-hybridized carbons (Fsp3) is 0.632. The third-order valence-electron chi connectivity index (χ3n) is 4.27. The number of hydrogen-bond donors (Lipinski definition) is 1. The molecule has 6 nitrogen and oxygen atoms in total. The first kappa shape index (κ1) is 20.8. The van der Waals surface area contributed by atoms with Crippen LogP contribution in [0.25, 0.3) is 0 Å². The fourth-order valence-corrected chi connectivity index (χ4v) is 3.01. The van der Waals surface area contributed by atoms with Crippen molar-refractivity contribution in [2.75, 3.05) is 53.6 Å². The smallest absolute Gasteiger partial charge is 0.193 e. The van der Waals surface area contributed by atoms with E-state index >= 15 is 0 Å². The van der Waals surface area contributed by atoms with Crippen molar-refractivity contribution in [1.82, 2.24) is 10.2 Å². The second kappa shape index (κ2) is 12.0. The average Bonchev–Trinajstić information content (AvgIpc) is 2.67. The number of ether oxygens (including phenoxy) is 3. The van der Waals surface area contributed by atoms with Crippen molar-refractivity contribution in [3.05, 3.63) is 29.3 Å². The topological polar surface area (TPSA) is 55.3 Å². The zero-order valence-electron chi connectivity index (χ0n) is 15.7. The van der Waals surface area contributed by atoms with Gasteiger partial charge < -0.3 is 24.4 Å². The molecular formula is C19H30ClN3O3. The van der Waals surface area contributed by atoms with Gasteiger partial charge in [-0.05, 0) is 43.5 Å². The van der Waals surface area contributed by atoms with Gasteiger partial charge in [0.05, 0.1) is 12.6 Å². The van der Waals surface area contributed by atoms with Crippen LogP contribution in [0.5, 0.6) is 5.75 Å². The molecule has 26 heavy (non-hydrogen) atoms. The van der Waals surface area contributed by atoms with Crippen LogP contribution in [0.2, 0.25) is 5.02 Å². The summed E-state index contributed by atoms with van der Waals surface area (Å²) in [5.74, 6) is 1.74. The second-order valence-electron chi connectivity index (χ2n) is 6.18. The lowest BCUT2D eigenvalue weighted by atomic mass is 10.1. The first-order chi connectivity index (χ1) is 12.7. The summed E-state index contributed by atoms with van der Waals surface area (Å²) >= 11 is 5.87. The minimum absolute atomic E-state index is 0.342. The van der Waals surface area contributed by atoms with Crippen LogP contribution in [0.1, 0.15) is 19.3 Å². The molecule has 146 valence electrons. The molecule has 0 saturated carbocycles. The number of rotatable bonds is 9. The van der Waals surface area contributed by atoms with Crippen LogP contribution in [0.4, 0.5) is 0 Å². The minimum atomic E-state index is 0.342. The Balaban J connectivity index is 1.62. The van der Waals surface area contributed by atoms with E-state index in [1.54, 1.807) is 7.11 Å². The van der Waals surface area contributed by atoms with Gasteiger partial charge in [0, 0.05) is 45.5 Å². The summed E-state index contributed by atoms with van der Waals surface area (Å²) in [6, 6.07) is 7.39. The molecule has 1 N–H and O–H groups in total. The number of benzene rings is 1. The molecule has 0 amide bonds. The van der Waals surface area contributed by atoms with Crippen molar-refractivity contribution in [3.63, 3.8) is 0 Å². The lowest BCUT2D eigenvalue weighted by Crippen LogP contribution is -2.47. The summed E-state index contributed by atoms with van der Waals surface area (Å²) < 4.78 is 16.7. The molecule has 1 aromatic rings. The molecule has 1 aliphatic heterocycles. The van der Waals surface area contributed by atoms with Crippen molar-refractivity contribution in [1.29, 1.82) is 0 Å². The van der Waals surface area contributed by atoms with Gasteiger partial charge in [0.25, 0.3) is 0 Å². The number of likely N-dealkylation sites (tertiary alicyclic amines) is 1. The molecule has 0 aliphatic carbocycles. The zero-order valence-corrected chi connectivity index (χ0v) is 16.5. The summed E-state index contributed by atoms with van der Waals surface area (Å²) in [7, 11) is 3.54. The number of aliphatic imine (C=N–C) groups is 1. The average molecular weight is 384 g/mol. The van der Waals surface area contributed by atoms with E-state index in [-0.39, 0.29) is 0 Å². The molecule has 1 fully saturated rings. The Bertz CT molecular complexity index is 531. The third kappa shape index (κ3) is 7.40. The molecule has 0 radical (unpaired) electrons. The van der Waals surface area contributed by atoms with Gasteiger partial charge in [0.15, 0.2) is 5.96 Å². The molecule has 1 heterocycles. The number of nitrogens with one attached hydrogen (secondary N) is 1. The van der Waals surface area contributed by atoms with Gasteiger partial charge in [0.2, 0.25) is 0 Å². The largest absolute Gasteiger partial charge is 0.492 e. The lowest BCUT2D eigenvalue weighted by molar-refractivity contribution is 0.00989. The van der Waals surface area contributed by atoms with E-state index in [2.05, 4.69) is 15.2 Å². The van der Waals surface area contributed by atoms with Gasteiger partial charge in [-0.3, -0.25) is 4.99 Å². The van der Waals surface area contributed by atoms with Crippen LogP contribution in [0, 0.1) is 0 Å². The van der Waals surface area contributed by atoms with Crippen molar-refractivity contribution in [2.24, 2.45) is 4.99 Å². The third-order valence-corrected chi connectivity index (χ3v) is 4.52. The van der Waals surface area contributed by atoms with Gasteiger partial charge in [0.1, 0.15) is 12.4 Å². The van der Waals surface area contributed by atoms with Crippen molar-refractivity contribution in [3.8, 4) is 5.75 Å². The first-order valence-electron chi connectivity index (χ1n) is 9.17. The number of methoxy groups -OCH3 is 1. The summed E-state index contributed by atoms with van der Waals surface area (Å²) in [4.78, 5) is 6.66. The Labute approximate surface area is 161 Å². The summed E-state index contributed by atoms with van der Waals surface area (Å²) in [6.07, 6.45) is 3.34. The first-order valence-corrected chi connectivity index (χ1v) is 9.55. The molecule has 0 unspecified atom stereocenters. The number of guanidine groups is 1. The monoisotopic (exact) mass is 383 g/mol. The number of nitrogens with zero attached hydrogens (tertiary/aromatic N) is 2. The van der Waals surface area contributed by atoms with Crippen LogP contribution in [-0.4, -0.2) is 70.6 Å². The summed E-state index contributed by atoms with van der Waals surface area (Å²) in [6.45, 7) is 4.70. The molecule has 0 atom stereocenters. The van der Waals surface area contributed by atoms with Gasteiger partial charge in [-0.25, -0.2) is 0 Å². The SMILES string of the molecule is CN=C(NCCOc1ccc(Cl)cc1)N1CCC(OCCCOC)CC1. The highest BCUT2D eigenvalue weighted by atomic mass is 35.5. The predicted molar refractivity (Wildman–Crippen MR) is 105 cm³/mol. The molecule has 1 saturated heterocycles. The standard InChI is InChI=1S/C19H30ClN3O3/c1-21-19(22-10-15-26-17-6-4-16(20)5-7-17)23-11-8-18(9-12-23)25-14-3-13-24-2/h4-7,18H,3,8-15H2,1-2H3,(H,21,22). The Morgan fingerprint density at radius 3 is 2.58 bits per heavy atom. The fourth-order valence-electron chi connectivity index (χ4n) is 2.88. The highest BCUT2D eigenvalue weighted by Crippen LogP contribution is 2.16. The van der Waals surface area contributed by atoms with Gasteiger partial charge in [-0.1, -0.05) is 11.6 Å². The van der Waals surface area contributed by atoms with Crippen LogP contribution in [-0.2, 0) is 9.47 Å². The molecule has 0 aromatic heterocycles. The molecule has 1 aromatic carbocycles. The zero-order chi connectivity index (χ0) is 18.6. The van der Waals surface area contributed by atoms with Crippen LogP contribution in [0.15, 0.2) is 29.3 Å². The normalized spacial score (nSPS) is 16.0. The van der Waals surface area contributed by atoms with E-state index in [1.807, 2.05) is 31.3 Å². The Hall–Kier alpha value is -1.50. The second-order valence-corrected chi connectivity index (χ2v) is 6.62. The predicted octanol–water partition coefficient (Wildman–Crippen LogP) is 2.81. The molecule has 2 rings (SSSR count). The Morgan fingerprint density at radius 1 is 1.19 bits per heavy atom. The van der Waals surface area contributed by atoms with E-state index in [0.29, 0.717) is 24.3 Å². The van der Waals surface area contributed by atoms with Crippen LogP contribution in [0.3, 0.4) is 0 Å². The van der Waals surface area contributed by atoms with Crippen molar-refractivity contribution < 1.29 is 14.2 Å². The van der Waals surface area contributed by atoms with Gasteiger partial charge in [-0.15, -0.1) is 0 Å². The molecular weight excluding hydrogens is 354 g/mol. The number of piperidine rings is 1. The summed E-state index contributed by atoms with van der Waals surface area (Å²) in [5, 5.41) is 4.07. The highest BCUT2D eigenvalue weighted by Gasteiger charge is 2.21. The number of halogens is 1. The van der Waals surface area contributed by atoms with E-state index in [9.17, 15) is 0 Å². The Kier molecular flexibility index (Phi) is 9.60. The van der Waals surface area contributed by atoms with Crippen molar-refractivity contribution in [2.45, 2.75) is 25.4 Å². The molecule has 1 aliphatic rings. The quantitative estimate of drug-likeness (QED) is 0.403.